The molecule has 1 aromatic carbocycles. The van der Waals surface area contributed by atoms with Crippen molar-refractivity contribution in [3.05, 3.63) is 42.0 Å². The number of aromatic nitrogens is 3. The minimum Gasteiger partial charge on any atom is -0.478 e. The minimum absolute atomic E-state index is 0. The molecule has 0 amide bonds. The third kappa shape index (κ3) is 4.64. The van der Waals surface area contributed by atoms with Gasteiger partial charge in [-0.1, -0.05) is 12.1 Å². The summed E-state index contributed by atoms with van der Waals surface area (Å²) >= 11 is 0. The Hall–Kier alpha value is -3.01. The molecule has 3 aromatic rings. The van der Waals surface area contributed by atoms with Gasteiger partial charge in [0.25, 0.3) is 0 Å². The van der Waals surface area contributed by atoms with Gasteiger partial charge in [0.05, 0.1) is 55.2 Å². The molecule has 0 bridgehead atoms. The summed E-state index contributed by atoms with van der Waals surface area (Å²) in [6.45, 7) is 8.23. The predicted molar refractivity (Wildman–Crippen MR) is 132 cm³/mol. The number of halogens is 1. The molecule has 2 saturated heterocycles. The molecule has 2 fully saturated rings. The fourth-order valence-corrected chi connectivity index (χ4v) is 4.37. The Balaban J connectivity index is 0.00000274. The zero-order valence-corrected chi connectivity index (χ0v) is 20.0. The van der Waals surface area contributed by atoms with Gasteiger partial charge in [-0.2, -0.15) is 9.97 Å². The molecule has 5 rings (SSSR count). The summed E-state index contributed by atoms with van der Waals surface area (Å²) in [6.07, 6.45) is 0. The standard InChI is InChI=1S/C24H27N5O4.ClH/c1-15-13-32-10-8-28(15)22-19-6-7-20(17-4-3-5-18(12-17)23(30)31)25-21(19)26-24(27-22)29-9-11-33-14-16(29)2;/h3-7,12,15-16H,8-11,13-14H2,1-2H3,(H,30,31);1H. The minimum atomic E-state index is -0.966. The molecular weight excluding hydrogens is 458 g/mol. The van der Waals surface area contributed by atoms with Crippen molar-refractivity contribution in [2.45, 2.75) is 25.9 Å². The molecule has 2 aliphatic heterocycles. The molecule has 1 N–H and O–H groups in total. The molecule has 2 aliphatic rings. The summed E-state index contributed by atoms with van der Waals surface area (Å²) in [7, 11) is 0. The molecule has 180 valence electrons. The highest BCUT2D eigenvalue weighted by Gasteiger charge is 2.27. The van der Waals surface area contributed by atoms with Crippen molar-refractivity contribution < 1.29 is 19.4 Å². The maximum Gasteiger partial charge on any atom is 0.335 e. The highest BCUT2D eigenvalue weighted by Crippen LogP contribution is 2.31. The number of ether oxygens (including phenoxy) is 2. The number of carboxylic acid groups (broad SMARTS) is 1. The van der Waals surface area contributed by atoms with Gasteiger partial charge >= 0.3 is 5.97 Å². The topological polar surface area (TPSA) is 101 Å². The Kier molecular flexibility index (Phi) is 7.16. The molecule has 0 aliphatic carbocycles. The van der Waals surface area contributed by atoms with Crippen molar-refractivity contribution in [1.82, 2.24) is 15.0 Å². The van der Waals surface area contributed by atoms with Crippen LogP contribution in [0.1, 0.15) is 24.2 Å². The van der Waals surface area contributed by atoms with Gasteiger partial charge in [0.2, 0.25) is 5.95 Å². The van der Waals surface area contributed by atoms with Crippen LogP contribution in [0.15, 0.2) is 36.4 Å². The molecule has 0 saturated carbocycles. The molecule has 2 unspecified atom stereocenters. The second-order valence-electron chi connectivity index (χ2n) is 8.54. The van der Waals surface area contributed by atoms with Crippen LogP contribution in [0.2, 0.25) is 0 Å². The summed E-state index contributed by atoms with van der Waals surface area (Å²) in [4.78, 5) is 30.5. The van der Waals surface area contributed by atoms with E-state index in [1.54, 1.807) is 18.2 Å². The maximum absolute atomic E-state index is 11.4. The van der Waals surface area contributed by atoms with Gasteiger partial charge in [0, 0.05) is 18.7 Å². The Morgan fingerprint density at radius 3 is 2.35 bits per heavy atom. The largest absolute Gasteiger partial charge is 0.478 e. The Morgan fingerprint density at radius 1 is 0.971 bits per heavy atom. The van der Waals surface area contributed by atoms with Gasteiger partial charge in [-0.15, -0.1) is 12.4 Å². The van der Waals surface area contributed by atoms with Crippen LogP contribution in [0.25, 0.3) is 22.3 Å². The number of carboxylic acids is 1. The third-order valence-electron chi connectivity index (χ3n) is 6.20. The van der Waals surface area contributed by atoms with Gasteiger partial charge in [0.1, 0.15) is 5.82 Å². The normalized spacial score (nSPS) is 20.8. The van der Waals surface area contributed by atoms with Crippen LogP contribution in [0, 0.1) is 0 Å². The first-order valence-electron chi connectivity index (χ1n) is 11.2. The second-order valence-corrected chi connectivity index (χ2v) is 8.54. The number of pyridine rings is 1. The highest BCUT2D eigenvalue weighted by atomic mass is 35.5. The van der Waals surface area contributed by atoms with E-state index in [1.807, 2.05) is 18.2 Å². The lowest BCUT2D eigenvalue weighted by atomic mass is 10.1. The Bertz CT molecular complexity index is 1190. The van der Waals surface area contributed by atoms with Crippen LogP contribution >= 0.6 is 12.4 Å². The molecule has 2 aromatic heterocycles. The van der Waals surface area contributed by atoms with Gasteiger partial charge in [-0.25, -0.2) is 9.78 Å². The molecular formula is C24H28ClN5O4. The van der Waals surface area contributed by atoms with Gasteiger partial charge in [-0.05, 0) is 38.1 Å². The lowest BCUT2D eigenvalue weighted by Gasteiger charge is -2.37. The van der Waals surface area contributed by atoms with Crippen LogP contribution in [0.3, 0.4) is 0 Å². The number of fused-ring (bicyclic) bond motifs is 1. The van der Waals surface area contributed by atoms with E-state index in [0.717, 1.165) is 23.3 Å². The summed E-state index contributed by atoms with van der Waals surface area (Å²) in [5, 5.41) is 10.2. The summed E-state index contributed by atoms with van der Waals surface area (Å²) in [5.41, 5.74) is 2.22. The fourth-order valence-electron chi connectivity index (χ4n) is 4.37. The molecule has 10 heteroatoms. The van der Waals surface area contributed by atoms with Crippen molar-refractivity contribution in [1.29, 1.82) is 0 Å². The molecule has 34 heavy (non-hydrogen) atoms. The van der Waals surface area contributed by atoms with Crippen LogP contribution in [0.5, 0.6) is 0 Å². The average molecular weight is 486 g/mol. The first-order chi connectivity index (χ1) is 16.0. The number of benzene rings is 1. The zero-order chi connectivity index (χ0) is 22.9. The van der Waals surface area contributed by atoms with E-state index in [4.69, 9.17) is 24.4 Å². The Labute approximate surface area is 204 Å². The van der Waals surface area contributed by atoms with E-state index < -0.39 is 5.97 Å². The van der Waals surface area contributed by atoms with Crippen molar-refractivity contribution >= 4 is 41.2 Å². The third-order valence-corrected chi connectivity index (χ3v) is 6.20. The molecule has 4 heterocycles. The van der Waals surface area contributed by atoms with Gasteiger partial charge in [0.15, 0.2) is 5.65 Å². The highest BCUT2D eigenvalue weighted by molar-refractivity contribution is 5.91. The van der Waals surface area contributed by atoms with Crippen molar-refractivity contribution in [2.24, 2.45) is 0 Å². The lowest BCUT2D eigenvalue weighted by Crippen LogP contribution is -2.46. The number of hydrogen-bond donors (Lipinski definition) is 1. The summed E-state index contributed by atoms with van der Waals surface area (Å²) < 4.78 is 11.2. The maximum atomic E-state index is 11.4. The first kappa shape index (κ1) is 24.1. The molecule has 0 radical (unpaired) electrons. The van der Waals surface area contributed by atoms with Crippen LogP contribution in [-0.4, -0.2) is 77.6 Å². The van der Waals surface area contributed by atoms with E-state index in [-0.39, 0.29) is 30.1 Å². The van der Waals surface area contributed by atoms with Crippen LogP contribution in [0.4, 0.5) is 11.8 Å². The molecule has 2 atom stereocenters. The average Bonchev–Trinajstić information content (AvgIpc) is 2.84. The quantitative estimate of drug-likeness (QED) is 0.596. The van der Waals surface area contributed by atoms with Crippen molar-refractivity contribution in [3.63, 3.8) is 0 Å². The number of carbonyl (C=O) groups is 1. The zero-order valence-electron chi connectivity index (χ0n) is 19.2. The second kappa shape index (κ2) is 10.1. The van der Waals surface area contributed by atoms with Crippen LogP contribution < -0.4 is 9.80 Å². The van der Waals surface area contributed by atoms with Gasteiger partial charge in [-0.3, -0.25) is 0 Å². The van der Waals surface area contributed by atoms with E-state index in [1.165, 1.54) is 0 Å². The van der Waals surface area contributed by atoms with E-state index in [9.17, 15) is 9.90 Å². The fraction of sp³-hybridized carbons (Fsp3) is 0.417. The van der Waals surface area contributed by atoms with E-state index >= 15 is 0 Å². The number of nitrogens with zero attached hydrogens (tertiary/aromatic N) is 5. The Morgan fingerprint density at radius 2 is 1.68 bits per heavy atom. The first-order valence-corrected chi connectivity index (χ1v) is 11.2. The number of aromatic carboxylic acids is 1. The van der Waals surface area contributed by atoms with Crippen molar-refractivity contribution in [2.75, 3.05) is 49.3 Å². The number of rotatable bonds is 4. The SMILES string of the molecule is CC1COCCN1c1nc(N2CCOCC2C)c2ccc(-c3cccc(C(=O)O)c3)nc2n1.Cl. The smallest absolute Gasteiger partial charge is 0.335 e. The van der Waals surface area contributed by atoms with Crippen LogP contribution in [-0.2, 0) is 9.47 Å². The lowest BCUT2D eigenvalue weighted by molar-refractivity contribution is 0.0697. The monoisotopic (exact) mass is 485 g/mol. The molecule has 0 spiro atoms. The summed E-state index contributed by atoms with van der Waals surface area (Å²) in [6, 6.07) is 11.0. The number of morpholine rings is 2. The van der Waals surface area contributed by atoms with E-state index in [2.05, 4.69) is 23.6 Å². The van der Waals surface area contributed by atoms with E-state index in [0.29, 0.717) is 50.3 Å². The summed E-state index contributed by atoms with van der Waals surface area (Å²) in [5.74, 6) is 0.519. The predicted octanol–water partition coefficient (Wildman–Crippen LogP) is 3.26. The number of hydrogen-bond acceptors (Lipinski definition) is 8. The van der Waals surface area contributed by atoms with Gasteiger partial charge < -0.3 is 24.4 Å². The molecule has 9 nitrogen and oxygen atoms in total. The van der Waals surface area contributed by atoms with Crippen molar-refractivity contribution in [3.8, 4) is 11.3 Å². The number of anilines is 2.